The zero-order valence-electron chi connectivity index (χ0n) is 20.0. The summed E-state index contributed by atoms with van der Waals surface area (Å²) in [4.78, 5) is 24.0. The molecule has 180 valence electrons. The average molecular weight is 454 g/mol. The smallest absolute Gasteiger partial charge is 0.411 e. The van der Waals surface area contributed by atoms with Crippen molar-refractivity contribution in [1.29, 1.82) is 0 Å². The second kappa shape index (κ2) is 14.5. The van der Waals surface area contributed by atoms with Crippen LogP contribution >= 0.6 is 0 Å². The Labute approximate surface area is 198 Å². The van der Waals surface area contributed by atoms with Gasteiger partial charge in [0.25, 0.3) is 0 Å². The number of carbonyl (C=O) groups is 2. The van der Waals surface area contributed by atoms with Crippen LogP contribution < -0.4 is 5.32 Å². The summed E-state index contributed by atoms with van der Waals surface area (Å²) in [7, 11) is 0. The van der Waals surface area contributed by atoms with Crippen molar-refractivity contribution in [3.8, 4) is 0 Å². The summed E-state index contributed by atoms with van der Waals surface area (Å²) in [5.74, 6) is 0.100. The Bertz CT molecular complexity index is 810. The predicted molar refractivity (Wildman–Crippen MR) is 134 cm³/mol. The lowest BCUT2D eigenvalue weighted by Gasteiger charge is -2.20. The third-order valence-electron chi connectivity index (χ3n) is 5.85. The minimum absolute atomic E-state index is 0.0383. The molecule has 0 saturated carbocycles. The molecule has 0 heterocycles. The molecule has 2 rings (SSSR count). The first-order valence-corrected chi connectivity index (χ1v) is 12.2. The molecule has 0 saturated heterocycles. The SMILES string of the molecule is CCCCC[C@](C)(O)/C=C/[C@H]1C=CC(=O)[C@@H]1C/C=C\CCCCOC(=O)Nc1ccccc1. The number of aliphatic hydroxyl groups is 1. The molecule has 0 fully saturated rings. The van der Waals surface area contributed by atoms with Crippen molar-refractivity contribution in [2.24, 2.45) is 11.8 Å². The van der Waals surface area contributed by atoms with Crippen LogP contribution in [-0.2, 0) is 9.53 Å². The van der Waals surface area contributed by atoms with Gasteiger partial charge in [0, 0.05) is 17.5 Å². The molecule has 5 nitrogen and oxygen atoms in total. The number of para-hydroxylation sites is 1. The number of allylic oxidation sites excluding steroid dienone is 5. The van der Waals surface area contributed by atoms with Crippen LogP contribution in [0, 0.1) is 11.8 Å². The van der Waals surface area contributed by atoms with E-state index in [4.69, 9.17) is 4.74 Å². The summed E-state index contributed by atoms with van der Waals surface area (Å²) in [6, 6.07) is 9.22. The van der Waals surface area contributed by atoms with E-state index in [1.54, 1.807) is 6.08 Å². The molecule has 33 heavy (non-hydrogen) atoms. The Morgan fingerprint density at radius 2 is 1.94 bits per heavy atom. The van der Waals surface area contributed by atoms with Crippen LogP contribution in [0.5, 0.6) is 0 Å². The molecule has 0 aromatic heterocycles. The van der Waals surface area contributed by atoms with Crippen molar-refractivity contribution >= 4 is 17.6 Å². The third-order valence-corrected chi connectivity index (χ3v) is 5.85. The van der Waals surface area contributed by atoms with E-state index in [9.17, 15) is 14.7 Å². The number of ketones is 1. The van der Waals surface area contributed by atoms with Crippen molar-refractivity contribution in [3.05, 3.63) is 66.8 Å². The molecule has 1 aliphatic rings. The molecule has 0 unspecified atom stereocenters. The lowest BCUT2D eigenvalue weighted by atomic mass is 9.88. The Kier molecular flexibility index (Phi) is 11.7. The zero-order valence-corrected chi connectivity index (χ0v) is 20.0. The van der Waals surface area contributed by atoms with Gasteiger partial charge in [-0.2, -0.15) is 0 Å². The molecule has 0 bridgehead atoms. The van der Waals surface area contributed by atoms with Crippen LogP contribution in [0.2, 0.25) is 0 Å². The number of amides is 1. The fraction of sp³-hybridized carbons (Fsp3) is 0.500. The second-order valence-corrected chi connectivity index (χ2v) is 8.95. The van der Waals surface area contributed by atoms with Crippen LogP contribution in [-0.4, -0.2) is 29.2 Å². The quantitative estimate of drug-likeness (QED) is 0.245. The minimum Gasteiger partial charge on any atom is -0.449 e. The Morgan fingerprint density at radius 3 is 2.70 bits per heavy atom. The van der Waals surface area contributed by atoms with Crippen molar-refractivity contribution in [1.82, 2.24) is 0 Å². The molecular formula is C28H39NO4. The van der Waals surface area contributed by atoms with Crippen LogP contribution in [0.15, 0.2) is 66.8 Å². The summed E-state index contributed by atoms with van der Waals surface area (Å²) in [6.07, 6.45) is 18.4. The number of carbonyl (C=O) groups excluding carboxylic acids is 2. The van der Waals surface area contributed by atoms with E-state index in [1.165, 1.54) is 0 Å². The first kappa shape index (κ1) is 26.6. The molecule has 0 spiro atoms. The third kappa shape index (κ3) is 10.7. The van der Waals surface area contributed by atoms with Crippen LogP contribution in [0.3, 0.4) is 0 Å². The number of rotatable bonds is 14. The Hall–Kier alpha value is -2.66. The first-order chi connectivity index (χ1) is 15.9. The molecule has 2 N–H and O–H groups in total. The van der Waals surface area contributed by atoms with Crippen molar-refractivity contribution in [3.63, 3.8) is 0 Å². The summed E-state index contributed by atoms with van der Waals surface area (Å²) in [5.41, 5.74) is -0.107. The van der Waals surface area contributed by atoms with E-state index >= 15 is 0 Å². The van der Waals surface area contributed by atoms with E-state index in [0.717, 1.165) is 50.6 Å². The summed E-state index contributed by atoms with van der Waals surface area (Å²) in [6.45, 7) is 4.36. The summed E-state index contributed by atoms with van der Waals surface area (Å²) < 4.78 is 5.19. The maximum Gasteiger partial charge on any atom is 0.411 e. The van der Waals surface area contributed by atoms with Crippen LogP contribution in [0.1, 0.15) is 65.2 Å². The summed E-state index contributed by atoms with van der Waals surface area (Å²) in [5, 5.41) is 13.2. The van der Waals surface area contributed by atoms with Gasteiger partial charge >= 0.3 is 6.09 Å². The van der Waals surface area contributed by atoms with Gasteiger partial charge < -0.3 is 9.84 Å². The molecule has 1 aliphatic carbocycles. The number of benzene rings is 1. The van der Waals surface area contributed by atoms with Crippen molar-refractivity contribution in [2.45, 2.75) is 70.8 Å². The number of hydrogen-bond donors (Lipinski definition) is 2. The number of unbranched alkanes of at least 4 members (excludes halogenated alkanes) is 4. The number of hydrogen-bond acceptors (Lipinski definition) is 4. The lowest BCUT2D eigenvalue weighted by Crippen LogP contribution is -2.21. The Balaban J connectivity index is 1.63. The maximum absolute atomic E-state index is 12.2. The minimum atomic E-state index is -0.824. The second-order valence-electron chi connectivity index (χ2n) is 8.95. The fourth-order valence-electron chi connectivity index (χ4n) is 3.82. The van der Waals surface area contributed by atoms with Gasteiger partial charge in [-0.25, -0.2) is 4.79 Å². The zero-order chi connectivity index (χ0) is 23.9. The largest absolute Gasteiger partial charge is 0.449 e. The van der Waals surface area contributed by atoms with Gasteiger partial charge in [-0.15, -0.1) is 0 Å². The highest BCUT2D eigenvalue weighted by atomic mass is 16.5. The van der Waals surface area contributed by atoms with Crippen molar-refractivity contribution in [2.75, 3.05) is 11.9 Å². The molecule has 1 amide bonds. The van der Waals surface area contributed by atoms with Gasteiger partial charge in [0.05, 0.1) is 12.2 Å². The molecule has 0 aliphatic heterocycles. The molecule has 0 radical (unpaired) electrons. The molecule has 1 aromatic carbocycles. The van der Waals surface area contributed by atoms with Gasteiger partial charge in [-0.3, -0.25) is 10.1 Å². The molecule has 5 heteroatoms. The van der Waals surface area contributed by atoms with Gasteiger partial charge in [-0.05, 0) is 57.2 Å². The van der Waals surface area contributed by atoms with Crippen LogP contribution in [0.4, 0.5) is 10.5 Å². The van der Waals surface area contributed by atoms with E-state index in [2.05, 4.69) is 24.4 Å². The Morgan fingerprint density at radius 1 is 1.15 bits per heavy atom. The molecular weight excluding hydrogens is 414 g/mol. The maximum atomic E-state index is 12.2. The van der Waals surface area contributed by atoms with E-state index in [0.29, 0.717) is 13.0 Å². The fourth-order valence-corrected chi connectivity index (χ4v) is 3.82. The monoisotopic (exact) mass is 453 g/mol. The molecule has 3 atom stereocenters. The van der Waals surface area contributed by atoms with Crippen molar-refractivity contribution < 1.29 is 19.4 Å². The van der Waals surface area contributed by atoms with E-state index in [-0.39, 0.29) is 17.6 Å². The van der Waals surface area contributed by atoms with Gasteiger partial charge in [0.15, 0.2) is 5.78 Å². The number of ether oxygens (including phenoxy) is 1. The lowest BCUT2D eigenvalue weighted by molar-refractivity contribution is -0.117. The normalized spacial score (nSPS) is 19.9. The summed E-state index contributed by atoms with van der Waals surface area (Å²) >= 11 is 0. The highest BCUT2D eigenvalue weighted by Crippen LogP contribution is 2.28. The van der Waals surface area contributed by atoms with E-state index in [1.807, 2.05) is 55.5 Å². The number of anilines is 1. The highest BCUT2D eigenvalue weighted by molar-refractivity contribution is 5.95. The molecule has 1 aromatic rings. The predicted octanol–water partition coefficient (Wildman–Crippen LogP) is 6.61. The van der Waals surface area contributed by atoms with Gasteiger partial charge in [0.1, 0.15) is 0 Å². The highest BCUT2D eigenvalue weighted by Gasteiger charge is 2.28. The van der Waals surface area contributed by atoms with E-state index < -0.39 is 11.7 Å². The average Bonchev–Trinajstić information content (AvgIpc) is 3.14. The first-order valence-electron chi connectivity index (χ1n) is 12.2. The standard InChI is InChI=1S/C28H39NO4/c1-3-4-12-20-28(2,32)21-19-23-17-18-26(30)25(23)16-11-6-5-7-13-22-33-27(31)29-24-14-9-8-10-15-24/h6,8-11,14-15,17-19,21,23,25,32H,3-5,7,12-13,16,20,22H2,1-2H3,(H,29,31)/b11-6-,21-19+/t23-,25-,28+/m1/s1. The topological polar surface area (TPSA) is 75.6 Å². The van der Waals surface area contributed by atoms with Crippen LogP contribution in [0.25, 0.3) is 0 Å². The van der Waals surface area contributed by atoms with Gasteiger partial charge in [0.2, 0.25) is 0 Å². The van der Waals surface area contributed by atoms with Gasteiger partial charge in [-0.1, -0.05) is 74.8 Å². The number of nitrogens with one attached hydrogen (secondary N) is 1.